The van der Waals surface area contributed by atoms with Crippen molar-refractivity contribution in [1.29, 1.82) is 0 Å². The molecule has 0 fully saturated rings. The number of rotatable bonds is 5. The molecule has 2 aromatic carbocycles. The predicted octanol–water partition coefficient (Wildman–Crippen LogP) is 5.05. The van der Waals surface area contributed by atoms with Crippen LogP contribution in [0.15, 0.2) is 36.4 Å². The first-order valence-corrected chi connectivity index (χ1v) is 8.64. The number of esters is 1. The van der Waals surface area contributed by atoms with Gasteiger partial charge in [0, 0.05) is 5.69 Å². The molecular weight excluding hydrogens is 361 g/mol. The van der Waals surface area contributed by atoms with E-state index in [-0.39, 0.29) is 10.6 Å². The topological polar surface area (TPSA) is 55.4 Å². The van der Waals surface area contributed by atoms with E-state index in [1.165, 1.54) is 25.1 Å². The molecule has 0 bridgehead atoms. The molecule has 1 atom stereocenters. The summed E-state index contributed by atoms with van der Waals surface area (Å²) in [6, 6.07) is 10.2. The summed E-state index contributed by atoms with van der Waals surface area (Å²) in [6.07, 6.45) is -0.166. The van der Waals surface area contributed by atoms with Crippen LogP contribution in [0.3, 0.4) is 0 Å². The maximum absolute atomic E-state index is 12.4. The molecule has 1 amide bonds. The maximum Gasteiger partial charge on any atom is 0.338 e. The number of nitrogens with one attached hydrogen (secondary N) is 1. The van der Waals surface area contributed by atoms with Crippen molar-refractivity contribution in [3.8, 4) is 0 Å². The van der Waals surface area contributed by atoms with Crippen LogP contribution in [0.1, 0.15) is 35.3 Å². The molecule has 0 saturated heterocycles. The molecule has 0 aliphatic carbocycles. The molecule has 25 heavy (non-hydrogen) atoms. The Morgan fingerprint density at radius 3 is 2.52 bits per heavy atom. The molecule has 0 saturated carbocycles. The lowest BCUT2D eigenvalue weighted by Crippen LogP contribution is -2.30. The van der Waals surface area contributed by atoms with E-state index in [9.17, 15) is 9.59 Å². The highest BCUT2D eigenvalue weighted by Crippen LogP contribution is 2.24. The highest BCUT2D eigenvalue weighted by molar-refractivity contribution is 6.42. The highest BCUT2D eigenvalue weighted by atomic mass is 35.5. The molecule has 1 N–H and O–H groups in total. The molecule has 0 radical (unpaired) electrons. The number of aryl methyl sites for hydroxylation is 2. The lowest BCUT2D eigenvalue weighted by molar-refractivity contribution is -0.123. The smallest absolute Gasteiger partial charge is 0.338 e. The molecule has 4 nitrogen and oxygen atoms in total. The van der Waals surface area contributed by atoms with Crippen LogP contribution in [0.25, 0.3) is 0 Å². The zero-order chi connectivity index (χ0) is 18.6. The van der Waals surface area contributed by atoms with Gasteiger partial charge in [0.15, 0.2) is 6.10 Å². The number of hydrogen-bond donors (Lipinski definition) is 1. The number of ether oxygens (including phenoxy) is 1. The minimum absolute atomic E-state index is 0.235. The molecule has 0 aromatic heterocycles. The van der Waals surface area contributed by atoms with Gasteiger partial charge in [0.25, 0.3) is 5.91 Å². The van der Waals surface area contributed by atoms with Crippen LogP contribution in [0.2, 0.25) is 10.0 Å². The van der Waals surface area contributed by atoms with Crippen LogP contribution in [0.5, 0.6) is 0 Å². The van der Waals surface area contributed by atoms with Gasteiger partial charge >= 0.3 is 5.97 Å². The van der Waals surface area contributed by atoms with Gasteiger partial charge in [0.05, 0.1) is 15.6 Å². The second kappa shape index (κ2) is 8.37. The first kappa shape index (κ1) is 19.3. The fourth-order valence-electron chi connectivity index (χ4n) is 2.33. The second-order valence-corrected chi connectivity index (χ2v) is 6.44. The van der Waals surface area contributed by atoms with Crippen molar-refractivity contribution in [3.63, 3.8) is 0 Å². The third-order valence-corrected chi connectivity index (χ3v) is 4.54. The third kappa shape index (κ3) is 4.74. The number of carbonyl (C=O) groups excluding carboxylic acids is 2. The van der Waals surface area contributed by atoms with E-state index in [4.69, 9.17) is 27.9 Å². The highest BCUT2D eigenvalue weighted by Gasteiger charge is 2.21. The van der Waals surface area contributed by atoms with Crippen molar-refractivity contribution in [2.75, 3.05) is 5.32 Å². The Hall–Kier alpha value is -2.04. The fourth-order valence-corrected chi connectivity index (χ4v) is 2.63. The standard InChI is InChI=1S/C19H19Cl2NO3/c1-4-13-7-5-6-11(2)17(13)22-18(23)12(3)25-19(24)14-8-9-15(20)16(21)10-14/h5-10,12H,4H2,1-3H3,(H,22,23)/t12-/m0/s1. The van der Waals surface area contributed by atoms with Gasteiger partial charge in [-0.1, -0.05) is 48.3 Å². The molecule has 0 aliphatic heterocycles. The summed E-state index contributed by atoms with van der Waals surface area (Å²) in [6.45, 7) is 5.45. The Morgan fingerprint density at radius 2 is 1.88 bits per heavy atom. The number of anilines is 1. The van der Waals surface area contributed by atoms with Crippen LogP contribution < -0.4 is 5.32 Å². The van der Waals surface area contributed by atoms with E-state index < -0.39 is 18.0 Å². The maximum atomic E-state index is 12.4. The fraction of sp³-hybridized carbons (Fsp3) is 0.263. The summed E-state index contributed by atoms with van der Waals surface area (Å²) in [5.41, 5.74) is 2.97. The quantitative estimate of drug-likeness (QED) is 0.739. The predicted molar refractivity (Wildman–Crippen MR) is 101 cm³/mol. The van der Waals surface area contributed by atoms with Gasteiger partial charge in [-0.2, -0.15) is 0 Å². The molecule has 0 aliphatic rings. The normalized spacial score (nSPS) is 11.7. The number of para-hydroxylation sites is 1. The van der Waals surface area contributed by atoms with Gasteiger partial charge in [0.2, 0.25) is 0 Å². The first-order valence-electron chi connectivity index (χ1n) is 7.88. The first-order chi connectivity index (χ1) is 11.8. The van der Waals surface area contributed by atoms with Crippen LogP contribution in [-0.4, -0.2) is 18.0 Å². The van der Waals surface area contributed by atoms with Crippen molar-refractivity contribution < 1.29 is 14.3 Å². The van der Waals surface area contributed by atoms with Gasteiger partial charge in [0.1, 0.15) is 0 Å². The molecule has 0 unspecified atom stereocenters. The third-order valence-electron chi connectivity index (χ3n) is 3.80. The van der Waals surface area contributed by atoms with Gasteiger partial charge < -0.3 is 10.1 Å². The largest absolute Gasteiger partial charge is 0.449 e. The van der Waals surface area contributed by atoms with E-state index in [1.807, 2.05) is 32.0 Å². The summed E-state index contributed by atoms with van der Waals surface area (Å²) in [5.74, 6) is -1.03. The van der Waals surface area contributed by atoms with Gasteiger partial charge in [-0.25, -0.2) is 4.79 Å². The van der Waals surface area contributed by atoms with Gasteiger partial charge in [-0.3, -0.25) is 4.79 Å². The Balaban J connectivity index is 2.08. The van der Waals surface area contributed by atoms with Crippen molar-refractivity contribution >= 4 is 40.8 Å². The van der Waals surface area contributed by atoms with E-state index >= 15 is 0 Å². The summed E-state index contributed by atoms with van der Waals surface area (Å²) >= 11 is 11.7. The molecule has 0 spiro atoms. The average molecular weight is 380 g/mol. The minimum atomic E-state index is -0.953. The molecule has 6 heteroatoms. The Labute approximate surface area is 157 Å². The van der Waals surface area contributed by atoms with E-state index in [0.29, 0.717) is 5.02 Å². The molecular formula is C19H19Cl2NO3. The zero-order valence-electron chi connectivity index (χ0n) is 14.2. The van der Waals surface area contributed by atoms with Gasteiger partial charge in [-0.05, 0) is 49.6 Å². The van der Waals surface area contributed by atoms with Crippen LogP contribution in [0.4, 0.5) is 5.69 Å². The SMILES string of the molecule is CCc1cccc(C)c1NC(=O)[C@H](C)OC(=O)c1ccc(Cl)c(Cl)c1. The van der Waals surface area contributed by atoms with Crippen LogP contribution in [-0.2, 0) is 16.0 Å². The van der Waals surface area contributed by atoms with Crippen molar-refractivity contribution in [2.45, 2.75) is 33.3 Å². The van der Waals surface area contributed by atoms with Crippen LogP contribution >= 0.6 is 23.2 Å². The van der Waals surface area contributed by atoms with E-state index in [0.717, 1.165) is 23.2 Å². The number of halogens is 2. The lowest BCUT2D eigenvalue weighted by atomic mass is 10.1. The van der Waals surface area contributed by atoms with Crippen molar-refractivity contribution in [2.24, 2.45) is 0 Å². The molecule has 132 valence electrons. The van der Waals surface area contributed by atoms with Crippen molar-refractivity contribution in [3.05, 3.63) is 63.1 Å². The molecule has 2 rings (SSSR count). The Kier molecular flexibility index (Phi) is 6.45. The van der Waals surface area contributed by atoms with E-state index in [1.54, 1.807) is 0 Å². The van der Waals surface area contributed by atoms with E-state index in [2.05, 4.69) is 5.32 Å². The summed E-state index contributed by atoms with van der Waals surface area (Å²) in [4.78, 5) is 24.5. The lowest BCUT2D eigenvalue weighted by Gasteiger charge is -2.17. The van der Waals surface area contributed by atoms with Crippen molar-refractivity contribution in [1.82, 2.24) is 0 Å². The zero-order valence-corrected chi connectivity index (χ0v) is 15.7. The molecule has 0 heterocycles. The average Bonchev–Trinajstić information content (AvgIpc) is 2.58. The number of benzene rings is 2. The summed E-state index contributed by atoms with van der Waals surface area (Å²) < 4.78 is 5.23. The minimum Gasteiger partial charge on any atom is -0.449 e. The molecule has 2 aromatic rings. The number of amides is 1. The Morgan fingerprint density at radius 1 is 1.16 bits per heavy atom. The number of carbonyl (C=O) groups is 2. The van der Waals surface area contributed by atoms with Gasteiger partial charge in [-0.15, -0.1) is 0 Å². The summed E-state index contributed by atoms with van der Waals surface area (Å²) in [5, 5.41) is 3.44. The Bertz CT molecular complexity index is 805. The second-order valence-electron chi connectivity index (χ2n) is 5.63. The monoisotopic (exact) mass is 379 g/mol. The van der Waals surface area contributed by atoms with Crippen LogP contribution in [0, 0.1) is 6.92 Å². The summed E-state index contributed by atoms with van der Waals surface area (Å²) in [7, 11) is 0. The number of hydrogen-bond acceptors (Lipinski definition) is 3.